The van der Waals surface area contributed by atoms with Crippen LogP contribution in [0.5, 0.6) is 5.75 Å². The predicted molar refractivity (Wildman–Crippen MR) is 144 cm³/mol. The molecule has 1 amide bonds. The molecule has 0 unspecified atom stereocenters. The first-order valence-electron chi connectivity index (χ1n) is 12.4. The number of hydrogen-bond acceptors (Lipinski definition) is 14. The molecule has 0 bridgehead atoms. The van der Waals surface area contributed by atoms with Crippen LogP contribution in [-0.4, -0.2) is 98.6 Å². The summed E-state index contributed by atoms with van der Waals surface area (Å²) in [5.41, 5.74) is 11.6. The first kappa shape index (κ1) is 30.9. The number of hydrogen-bond donors (Lipinski definition) is 6. The molecule has 40 heavy (non-hydrogen) atoms. The van der Waals surface area contributed by atoms with Gasteiger partial charge in [0.25, 0.3) is 5.91 Å². The van der Waals surface area contributed by atoms with Gasteiger partial charge in [0.05, 0.1) is 12.2 Å². The number of ether oxygens (including phenoxy) is 1. The lowest BCUT2D eigenvalue weighted by Crippen LogP contribution is -2.37. The minimum absolute atomic E-state index is 0.0321. The Hall–Kier alpha value is -3.61. The van der Waals surface area contributed by atoms with E-state index in [0.717, 1.165) is 6.33 Å². The van der Waals surface area contributed by atoms with Crippen molar-refractivity contribution in [3.8, 4) is 5.75 Å². The number of imidazole rings is 1. The van der Waals surface area contributed by atoms with Crippen LogP contribution >= 0.6 is 0 Å². The van der Waals surface area contributed by atoms with Gasteiger partial charge in [-0.05, 0) is 31.8 Å². The first-order valence-corrected chi connectivity index (χ1v) is 13.8. The Balaban J connectivity index is 0.000000559. The standard InChI is InChI=1S/C17H19N7O8S.C6H15N/c18-13-10-14(21-6-20-13)24(17(19)22-10)16-12(27)11(26)9(32-16)5-31-33(29,30)23-15(28)7-3-1-2-4-8(7)25;1-4-7(5-2)6-3/h1-4,6,9,11-12,16,25-27H,5H2,(H2,19,22)(H,23,28)(H2,18,20,21);4-6H2,1-3H3/t9-,11-,12-,16-;/m1./s1. The minimum atomic E-state index is -4.66. The summed E-state index contributed by atoms with van der Waals surface area (Å²) in [5.74, 6) is -1.67. The van der Waals surface area contributed by atoms with Gasteiger partial charge in [0.15, 0.2) is 23.2 Å². The number of aromatic nitrogens is 4. The molecule has 1 aromatic carbocycles. The van der Waals surface area contributed by atoms with Crippen molar-refractivity contribution < 1.29 is 37.5 Å². The molecule has 0 radical (unpaired) electrons. The number of nitrogens with one attached hydrogen (secondary N) is 1. The van der Waals surface area contributed by atoms with Gasteiger partial charge in [0.2, 0.25) is 5.95 Å². The van der Waals surface area contributed by atoms with Crippen molar-refractivity contribution in [2.75, 3.05) is 37.7 Å². The van der Waals surface area contributed by atoms with Crippen molar-refractivity contribution in [1.82, 2.24) is 29.1 Å². The van der Waals surface area contributed by atoms with Gasteiger partial charge in [-0.1, -0.05) is 32.9 Å². The molecule has 4 atom stereocenters. The summed E-state index contributed by atoms with van der Waals surface area (Å²) in [5, 5.41) is 30.5. The smallest absolute Gasteiger partial charge is 0.362 e. The predicted octanol–water partition coefficient (Wildman–Crippen LogP) is -0.645. The Bertz CT molecular complexity index is 1410. The van der Waals surface area contributed by atoms with E-state index in [-0.39, 0.29) is 28.5 Å². The summed E-state index contributed by atoms with van der Waals surface area (Å²) in [6.45, 7) is 9.36. The number of nitrogen functional groups attached to an aromatic ring is 2. The maximum atomic E-state index is 12.1. The number of benzene rings is 1. The lowest BCUT2D eigenvalue weighted by molar-refractivity contribution is -0.0457. The fourth-order valence-electron chi connectivity index (χ4n) is 3.97. The van der Waals surface area contributed by atoms with Crippen LogP contribution in [-0.2, 0) is 19.2 Å². The summed E-state index contributed by atoms with van der Waals surface area (Å²) >= 11 is 0. The molecule has 8 N–H and O–H groups in total. The average Bonchev–Trinajstić information content (AvgIpc) is 3.40. The van der Waals surface area contributed by atoms with E-state index in [1.807, 2.05) is 0 Å². The van der Waals surface area contributed by atoms with Crippen LogP contribution in [0, 0.1) is 0 Å². The monoisotopic (exact) mass is 582 g/mol. The molecule has 16 nitrogen and oxygen atoms in total. The first-order chi connectivity index (χ1) is 18.9. The SMILES string of the molecule is CCN(CC)CC.Nc1ncnc2c1nc(N)n2[C@@H]1O[C@H](COS(=O)(=O)NC(=O)c2ccccc2O)[C@@H](O)[C@H]1O. The number of carbonyl (C=O) groups is 1. The van der Waals surface area contributed by atoms with Crippen molar-refractivity contribution >= 4 is 39.1 Å². The molecule has 0 spiro atoms. The van der Waals surface area contributed by atoms with Crippen LogP contribution in [0.3, 0.4) is 0 Å². The summed E-state index contributed by atoms with van der Waals surface area (Å²) < 4.78 is 37.4. The number of nitrogens with zero attached hydrogens (tertiary/aromatic N) is 5. The normalized spacial score (nSPS) is 20.9. The number of aromatic hydroxyl groups is 1. The number of rotatable bonds is 9. The number of nitrogens with two attached hydrogens (primary N) is 2. The zero-order valence-corrected chi connectivity index (χ0v) is 23.0. The maximum Gasteiger partial charge on any atom is 0.362 e. The van der Waals surface area contributed by atoms with Crippen LogP contribution in [0.2, 0.25) is 0 Å². The molecule has 0 aliphatic carbocycles. The Morgan fingerprint density at radius 1 is 1.12 bits per heavy atom. The number of carbonyl (C=O) groups excluding carboxylic acids is 1. The molecule has 3 heterocycles. The Labute approximate surface area is 230 Å². The van der Waals surface area contributed by atoms with Gasteiger partial charge in [-0.25, -0.2) is 19.7 Å². The van der Waals surface area contributed by atoms with E-state index in [4.69, 9.17) is 20.4 Å². The number of para-hydroxylation sites is 1. The second-order valence-electron chi connectivity index (χ2n) is 8.62. The highest BCUT2D eigenvalue weighted by Gasteiger charge is 2.46. The molecule has 0 saturated carbocycles. The van der Waals surface area contributed by atoms with E-state index < -0.39 is 53.1 Å². The average molecular weight is 583 g/mol. The van der Waals surface area contributed by atoms with Crippen molar-refractivity contribution in [2.24, 2.45) is 0 Å². The molecule has 4 rings (SSSR count). The highest BCUT2D eigenvalue weighted by atomic mass is 32.2. The summed E-state index contributed by atoms with van der Waals surface area (Å²) in [4.78, 5) is 26.3. The third-order valence-electron chi connectivity index (χ3n) is 6.22. The van der Waals surface area contributed by atoms with E-state index in [0.29, 0.717) is 0 Å². The van der Waals surface area contributed by atoms with E-state index in [9.17, 15) is 28.5 Å². The second-order valence-corrected chi connectivity index (χ2v) is 9.97. The number of anilines is 2. The highest BCUT2D eigenvalue weighted by molar-refractivity contribution is 7.85. The van der Waals surface area contributed by atoms with Crippen LogP contribution in [0.4, 0.5) is 11.8 Å². The summed E-state index contributed by atoms with van der Waals surface area (Å²) in [6.07, 6.45) is -4.64. The van der Waals surface area contributed by atoms with Gasteiger partial charge in [-0.2, -0.15) is 8.42 Å². The Morgan fingerprint density at radius 2 is 1.77 bits per heavy atom. The number of phenols is 1. The van der Waals surface area contributed by atoms with Crippen molar-refractivity contribution in [3.05, 3.63) is 36.2 Å². The third kappa shape index (κ3) is 6.93. The van der Waals surface area contributed by atoms with Gasteiger partial charge in [-0.3, -0.25) is 13.5 Å². The molecular formula is C23H34N8O8S. The number of amides is 1. The number of phenolic OH excluding ortho intramolecular Hbond substituents is 1. The lowest BCUT2D eigenvalue weighted by Gasteiger charge is -2.17. The summed E-state index contributed by atoms with van der Waals surface area (Å²) in [7, 11) is -4.66. The zero-order chi connectivity index (χ0) is 29.6. The molecule has 1 aliphatic rings. The third-order valence-corrected chi connectivity index (χ3v) is 7.10. The topological polar surface area (TPSA) is 241 Å². The maximum absolute atomic E-state index is 12.1. The lowest BCUT2D eigenvalue weighted by atomic mass is 10.1. The molecule has 1 aliphatic heterocycles. The van der Waals surface area contributed by atoms with Crippen molar-refractivity contribution in [1.29, 1.82) is 0 Å². The van der Waals surface area contributed by atoms with E-state index in [1.54, 1.807) is 4.72 Å². The van der Waals surface area contributed by atoms with Crippen LogP contribution < -0.4 is 16.2 Å². The van der Waals surface area contributed by atoms with Crippen LogP contribution in [0.15, 0.2) is 30.6 Å². The molecule has 1 fully saturated rings. The van der Waals surface area contributed by atoms with E-state index >= 15 is 0 Å². The molecule has 3 aromatic rings. The molecule has 17 heteroatoms. The quantitative estimate of drug-likeness (QED) is 0.184. The van der Waals surface area contributed by atoms with Gasteiger partial charge in [-0.15, -0.1) is 0 Å². The minimum Gasteiger partial charge on any atom is -0.507 e. The highest BCUT2D eigenvalue weighted by Crippen LogP contribution is 2.34. The van der Waals surface area contributed by atoms with Crippen LogP contribution in [0.1, 0.15) is 37.4 Å². The largest absolute Gasteiger partial charge is 0.507 e. The van der Waals surface area contributed by atoms with E-state index in [1.165, 1.54) is 48.5 Å². The number of aliphatic hydroxyl groups excluding tert-OH is 2. The molecule has 220 valence electrons. The van der Waals surface area contributed by atoms with Gasteiger partial charge in [0.1, 0.15) is 30.4 Å². The molecular weight excluding hydrogens is 548 g/mol. The molecule has 1 saturated heterocycles. The number of fused-ring (bicyclic) bond motifs is 1. The zero-order valence-electron chi connectivity index (χ0n) is 22.2. The Morgan fingerprint density at radius 3 is 2.38 bits per heavy atom. The van der Waals surface area contributed by atoms with Crippen LogP contribution in [0.25, 0.3) is 11.2 Å². The fraction of sp³-hybridized carbons (Fsp3) is 0.478. The Kier molecular flexibility index (Phi) is 10.2. The van der Waals surface area contributed by atoms with Gasteiger partial charge < -0.3 is 36.4 Å². The molecule has 2 aromatic heterocycles. The van der Waals surface area contributed by atoms with E-state index in [2.05, 4.69) is 40.6 Å². The van der Waals surface area contributed by atoms with Gasteiger partial charge in [0, 0.05) is 0 Å². The summed E-state index contributed by atoms with van der Waals surface area (Å²) in [6, 6.07) is 5.29. The fourth-order valence-corrected chi connectivity index (χ4v) is 4.67. The second kappa shape index (κ2) is 13.2. The van der Waals surface area contributed by atoms with Crippen molar-refractivity contribution in [2.45, 2.75) is 45.3 Å². The number of aliphatic hydroxyl groups is 2. The van der Waals surface area contributed by atoms with Crippen molar-refractivity contribution in [3.63, 3.8) is 0 Å². The van der Waals surface area contributed by atoms with Gasteiger partial charge >= 0.3 is 10.3 Å².